The van der Waals surface area contributed by atoms with Crippen molar-refractivity contribution in [2.75, 3.05) is 11.9 Å². The van der Waals surface area contributed by atoms with Gasteiger partial charge in [0.05, 0.1) is 17.1 Å². The molecule has 1 amide bonds. The number of carbonyl (C=O) groups is 2. The number of hydrogen-bond acceptors (Lipinski definition) is 5. The monoisotopic (exact) mass is 359 g/mol. The Labute approximate surface area is 150 Å². The lowest BCUT2D eigenvalue weighted by Gasteiger charge is -2.08. The fourth-order valence-corrected chi connectivity index (χ4v) is 3.01. The molecule has 26 heavy (non-hydrogen) atoms. The average Bonchev–Trinajstić information content (AvgIpc) is 2.85. The normalized spacial score (nSPS) is 10.5. The maximum absolute atomic E-state index is 12.8. The van der Waals surface area contributed by atoms with Gasteiger partial charge in [-0.3, -0.25) is 14.9 Å². The zero-order chi connectivity index (χ0) is 19.4. The first-order valence-electron chi connectivity index (χ1n) is 8.24. The molecule has 0 atom stereocenters. The predicted octanol–water partition coefficient (Wildman–Crippen LogP) is 3.46. The summed E-state index contributed by atoms with van der Waals surface area (Å²) in [5.41, 5.74) is 1.62. The molecule has 0 aliphatic rings. The van der Waals surface area contributed by atoms with Crippen LogP contribution in [0.25, 0.3) is 0 Å². The van der Waals surface area contributed by atoms with Crippen LogP contribution in [0.2, 0.25) is 0 Å². The molecule has 0 spiro atoms. The number of benzene rings is 1. The van der Waals surface area contributed by atoms with Gasteiger partial charge >= 0.3 is 5.97 Å². The number of nitrogens with zero attached hydrogens (tertiary/aromatic N) is 2. The van der Waals surface area contributed by atoms with E-state index in [1.165, 1.54) is 18.2 Å². The van der Waals surface area contributed by atoms with Crippen LogP contribution in [0, 0.1) is 24.0 Å². The van der Waals surface area contributed by atoms with Crippen LogP contribution < -0.4 is 5.32 Å². The number of nitrogens with one attached hydrogen (secondary N) is 1. The number of carbonyl (C=O) groups excluding carboxylic acids is 2. The Balaban J connectivity index is 2.48. The molecule has 1 aromatic carbocycles. The molecule has 2 aromatic rings. The van der Waals surface area contributed by atoms with Crippen molar-refractivity contribution in [1.29, 1.82) is 0 Å². The fraction of sp³-hybridized carbons (Fsp3) is 0.333. The smallest absolute Gasteiger partial charge is 0.355 e. The number of anilines is 1. The largest absolute Gasteiger partial charge is 0.461 e. The molecule has 1 aromatic heterocycles. The van der Waals surface area contributed by atoms with Gasteiger partial charge in [0.15, 0.2) is 0 Å². The zero-order valence-electron chi connectivity index (χ0n) is 15.2. The summed E-state index contributed by atoms with van der Waals surface area (Å²) in [5.74, 6) is -1.01. The molecular formula is C18H21N3O5. The van der Waals surface area contributed by atoms with Gasteiger partial charge in [0, 0.05) is 18.3 Å². The molecule has 8 heteroatoms. The van der Waals surface area contributed by atoms with E-state index in [1.54, 1.807) is 31.4 Å². The third-order valence-electron chi connectivity index (χ3n) is 4.13. The minimum atomic E-state index is -0.559. The molecule has 0 saturated carbocycles. The number of para-hydroxylation sites is 2. The fourth-order valence-electron chi connectivity index (χ4n) is 3.01. The van der Waals surface area contributed by atoms with Gasteiger partial charge in [-0.2, -0.15) is 0 Å². The van der Waals surface area contributed by atoms with Crippen molar-refractivity contribution >= 4 is 23.3 Å². The molecule has 0 bridgehead atoms. The highest BCUT2D eigenvalue weighted by atomic mass is 16.6. The number of esters is 1. The molecule has 0 aliphatic carbocycles. The standard InChI is InChI=1S/C18H21N3O5/c1-5-20-12(4)15(11(3)16(20)18(23)26-6-2)17(22)19-13-9-7-8-10-14(13)21(24)25/h7-10H,5-6H2,1-4H3,(H,19,22). The van der Waals surface area contributed by atoms with Gasteiger partial charge in [0.25, 0.3) is 11.6 Å². The quantitative estimate of drug-likeness (QED) is 0.483. The second-order valence-electron chi connectivity index (χ2n) is 5.63. The number of rotatable bonds is 6. The van der Waals surface area contributed by atoms with Crippen LogP contribution in [0.15, 0.2) is 24.3 Å². The van der Waals surface area contributed by atoms with Crippen molar-refractivity contribution in [2.24, 2.45) is 0 Å². The summed E-state index contributed by atoms with van der Waals surface area (Å²) in [6.45, 7) is 7.68. The number of nitro groups is 1. The minimum Gasteiger partial charge on any atom is -0.461 e. The highest BCUT2D eigenvalue weighted by molar-refractivity contribution is 6.09. The minimum absolute atomic E-state index is 0.100. The highest BCUT2D eigenvalue weighted by Crippen LogP contribution is 2.27. The summed E-state index contributed by atoms with van der Waals surface area (Å²) < 4.78 is 6.80. The van der Waals surface area contributed by atoms with Gasteiger partial charge in [-0.1, -0.05) is 12.1 Å². The Hall–Kier alpha value is -3.16. The van der Waals surface area contributed by atoms with Gasteiger partial charge < -0.3 is 14.6 Å². The number of hydrogen-bond donors (Lipinski definition) is 1. The summed E-state index contributed by atoms with van der Waals surface area (Å²) >= 11 is 0. The first kappa shape index (κ1) is 19.2. The van der Waals surface area contributed by atoms with Crippen molar-refractivity contribution in [2.45, 2.75) is 34.2 Å². The second-order valence-corrected chi connectivity index (χ2v) is 5.63. The molecule has 0 radical (unpaired) electrons. The SMILES string of the molecule is CCOC(=O)c1c(C)c(C(=O)Nc2ccccc2[N+](=O)[O-])c(C)n1CC. The number of aromatic nitrogens is 1. The zero-order valence-corrected chi connectivity index (χ0v) is 15.2. The Morgan fingerprint density at radius 1 is 1.23 bits per heavy atom. The van der Waals surface area contributed by atoms with E-state index in [-0.39, 0.29) is 18.0 Å². The summed E-state index contributed by atoms with van der Waals surface area (Å²) in [4.78, 5) is 35.6. The molecule has 138 valence electrons. The van der Waals surface area contributed by atoms with E-state index in [1.807, 2.05) is 6.92 Å². The van der Waals surface area contributed by atoms with Gasteiger partial charge in [-0.05, 0) is 39.3 Å². The first-order chi connectivity index (χ1) is 12.3. The van der Waals surface area contributed by atoms with Crippen LogP contribution in [-0.4, -0.2) is 28.0 Å². The molecule has 0 aliphatic heterocycles. The van der Waals surface area contributed by atoms with E-state index in [4.69, 9.17) is 4.74 Å². The van der Waals surface area contributed by atoms with Crippen molar-refractivity contribution in [3.8, 4) is 0 Å². The van der Waals surface area contributed by atoms with Gasteiger partial charge in [-0.25, -0.2) is 4.79 Å². The Bertz CT molecular complexity index is 870. The van der Waals surface area contributed by atoms with Crippen molar-refractivity contribution < 1.29 is 19.2 Å². The van der Waals surface area contributed by atoms with Crippen LogP contribution in [0.5, 0.6) is 0 Å². The molecular weight excluding hydrogens is 338 g/mol. The summed E-state index contributed by atoms with van der Waals surface area (Å²) in [6.07, 6.45) is 0. The Morgan fingerprint density at radius 2 is 1.88 bits per heavy atom. The Morgan fingerprint density at radius 3 is 2.46 bits per heavy atom. The van der Waals surface area contributed by atoms with Crippen molar-refractivity contribution in [3.63, 3.8) is 0 Å². The summed E-state index contributed by atoms with van der Waals surface area (Å²) in [7, 11) is 0. The maximum Gasteiger partial charge on any atom is 0.355 e. The molecule has 1 N–H and O–H groups in total. The van der Waals surface area contributed by atoms with Gasteiger partial charge in [0.1, 0.15) is 11.4 Å². The van der Waals surface area contributed by atoms with E-state index in [2.05, 4.69) is 5.32 Å². The van der Waals surface area contributed by atoms with Gasteiger partial charge in [0.2, 0.25) is 0 Å². The predicted molar refractivity (Wildman–Crippen MR) is 96.6 cm³/mol. The topological polar surface area (TPSA) is 103 Å². The van der Waals surface area contributed by atoms with Crippen molar-refractivity contribution in [3.05, 3.63) is 56.9 Å². The van der Waals surface area contributed by atoms with Crippen LogP contribution in [-0.2, 0) is 11.3 Å². The molecule has 0 fully saturated rings. The lowest BCUT2D eigenvalue weighted by atomic mass is 10.1. The van der Waals surface area contributed by atoms with Crippen LogP contribution in [0.4, 0.5) is 11.4 Å². The third kappa shape index (κ3) is 3.44. The average molecular weight is 359 g/mol. The lowest BCUT2D eigenvalue weighted by molar-refractivity contribution is -0.383. The number of ether oxygens (including phenoxy) is 1. The van der Waals surface area contributed by atoms with E-state index in [9.17, 15) is 19.7 Å². The first-order valence-corrected chi connectivity index (χ1v) is 8.24. The molecule has 0 saturated heterocycles. The lowest BCUT2D eigenvalue weighted by Crippen LogP contribution is -2.15. The van der Waals surface area contributed by atoms with Crippen LogP contribution in [0.3, 0.4) is 0 Å². The third-order valence-corrected chi connectivity index (χ3v) is 4.13. The van der Waals surface area contributed by atoms with E-state index in [0.29, 0.717) is 29.1 Å². The summed E-state index contributed by atoms with van der Waals surface area (Å²) in [6, 6.07) is 5.90. The summed E-state index contributed by atoms with van der Waals surface area (Å²) in [5, 5.41) is 13.7. The molecule has 1 heterocycles. The van der Waals surface area contributed by atoms with E-state index < -0.39 is 16.8 Å². The van der Waals surface area contributed by atoms with E-state index >= 15 is 0 Å². The second kappa shape index (κ2) is 7.81. The van der Waals surface area contributed by atoms with Gasteiger partial charge in [-0.15, -0.1) is 0 Å². The molecule has 2 rings (SSSR count). The van der Waals surface area contributed by atoms with E-state index in [0.717, 1.165) is 0 Å². The molecule has 0 unspecified atom stereocenters. The molecule has 8 nitrogen and oxygen atoms in total. The van der Waals surface area contributed by atoms with Crippen LogP contribution in [0.1, 0.15) is 46.0 Å². The number of nitro benzene ring substituents is 1. The highest BCUT2D eigenvalue weighted by Gasteiger charge is 2.27. The van der Waals surface area contributed by atoms with Crippen LogP contribution >= 0.6 is 0 Å². The van der Waals surface area contributed by atoms with Crippen molar-refractivity contribution in [1.82, 2.24) is 4.57 Å². The number of amides is 1. The Kier molecular flexibility index (Phi) is 5.76. The maximum atomic E-state index is 12.8.